The van der Waals surface area contributed by atoms with Gasteiger partial charge in [-0.2, -0.15) is 0 Å². The summed E-state index contributed by atoms with van der Waals surface area (Å²) < 4.78 is 5.67. The molecule has 0 aliphatic heterocycles. The number of thioether (sulfide) groups is 3. The molecule has 0 atom stereocenters. The first-order chi connectivity index (χ1) is 18.2. The molecule has 4 heteroatoms. The molecule has 0 saturated heterocycles. The van der Waals surface area contributed by atoms with Crippen LogP contribution in [0.4, 0.5) is 0 Å². The highest BCUT2D eigenvalue weighted by Gasteiger charge is 1.97. The maximum absolute atomic E-state index is 5.67. The molecule has 0 fully saturated rings. The minimum atomic E-state index is 0.870. The Kier molecular flexibility index (Phi) is 12.8. The van der Waals surface area contributed by atoms with Crippen LogP contribution in [-0.2, 0) is 0 Å². The predicted molar refractivity (Wildman–Crippen MR) is 167 cm³/mol. The zero-order chi connectivity index (χ0) is 26.1. The standard InChI is InChI=1S/C13H12OS.C13H12S.C7H8S/c1-15-13-9-7-12(8-10-13)14-11-5-3-2-4-6-11;1-14-13-9-7-12(8-10-13)11-5-3-2-4-6-11;1-8-7-5-3-2-4-6-7/h2-10H,1H3;2-10H,1H3;2-6H,1H3. The van der Waals surface area contributed by atoms with Gasteiger partial charge in [0.15, 0.2) is 0 Å². The third-order valence-electron chi connectivity index (χ3n) is 5.21. The fourth-order valence-electron chi connectivity index (χ4n) is 3.24. The van der Waals surface area contributed by atoms with Gasteiger partial charge >= 0.3 is 0 Å². The van der Waals surface area contributed by atoms with Crippen molar-refractivity contribution in [1.82, 2.24) is 0 Å². The van der Waals surface area contributed by atoms with Crippen LogP contribution in [-0.4, -0.2) is 18.8 Å². The van der Waals surface area contributed by atoms with Crippen molar-refractivity contribution in [3.63, 3.8) is 0 Å². The van der Waals surface area contributed by atoms with Gasteiger partial charge in [0, 0.05) is 14.7 Å². The largest absolute Gasteiger partial charge is 0.457 e. The van der Waals surface area contributed by atoms with Crippen LogP contribution < -0.4 is 4.74 Å². The van der Waals surface area contributed by atoms with E-state index in [1.807, 2.05) is 66.7 Å². The topological polar surface area (TPSA) is 9.23 Å². The maximum atomic E-state index is 5.67. The summed E-state index contributed by atoms with van der Waals surface area (Å²) in [5, 5.41) is 0. The van der Waals surface area contributed by atoms with Gasteiger partial charge in [-0.05, 0) is 90.6 Å². The Bertz CT molecular complexity index is 1260. The van der Waals surface area contributed by atoms with E-state index < -0.39 is 0 Å². The Balaban J connectivity index is 0.000000161. The Morgan fingerprint density at radius 3 is 1.16 bits per heavy atom. The maximum Gasteiger partial charge on any atom is 0.127 e. The van der Waals surface area contributed by atoms with Crippen LogP contribution in [0.1, 0.15) is 0 Å². The lowest BCUT2D eigenvalue weighted by Gasteiger charge is -2.05. The van der Waals surface area contributed by atoms with E-state index in [0.717, 1.165) is 11.5 Å². The number of para-hydroxylation sites is 1. The fourth-order valence-corrected chi connectivity index (χ4v) is 4.48. The average Bonchev–Trinajstić information content (AvgIpc) is 3.00. The summed E-state index contributed by atoms with van der Waals surface area (Å²) in [7, 11) is 0. The van der Waals surface area contributed by atoms with Gasteiger partial charge in [0.2, 0.25) is 0 Å². The second-order valence-corrected chi connectivity index (χ2v) is 10.3. The molecule has 0 bridgehead atoms. The highest BCUT2D eigenvalue weighted by atomic mass is 32.2. The molecule has 0 aromatic heterocycles. The highest BCUT2D eigenvalue weighted by molar-refractivity contribution is 7.99. The molecule has 5 aromatic rings. The van der Waals surface area contributed by atoms with Crippen molar-refractivity contribution in [2.24, 2.45) is 0 Å². The molecule has 188 valence electrons. The summed E-state index contributed by atoms with van der Waals surface area (Å²) in [5.74, 6) is 1.74. The van der Waals surface area contributed by atoms with Gasteiger partial charge in [0.1, 0.15) is 11.5 Å². The van der Waals surface area contributed by atoms with Crippen molar-refractivity contribution in [3.8, 4) is 22.6 Å². The van der Waals surface area contributed by atoms with E-state index in [1.165, 1.54) is 25.8 Å². The van der Waals surface area contributed by atoms with Gasteiger partial charge in [-0.15, -0.1) is 35.3 Å². The van der Waals surface area contributed by atoms with Crippen LogP contribution in [0.25, 0.3) is 11.1 Å². The zero-order valence-corrected chi connectivity index (χ0v) is 23.9. The Morgan fingerprint density at radius 1 is 0.351 bits per heavy atom. The third kappa shape index (κ3) is 10.5. The van der Waals surface area contributed by atoms with Gasteiger partial charge in [-0.25, -0.2) is 0 Å². The number of rotatable bonds is 6. The summed E-state index contributed by atoms with van der Waals surface area (Å²) in [6.45, 7) is 0. The molecule has 0 aliphatic carbocycles. The lowest BCUT2D eigenvalue weighted by Crippen LogP contribution is -1.82. The van der Waals surface area contributed by atoms with Crippen molar-refractivity contribution in [2.75, 3.05) is 18.8 Å². The molecular weight excluding hydrogens is 509 g/mol. The third-order valence-corrected chi connectivity index (χ3v) is 7.45. The molecule has 0 saturated carbocycles. The predicted octanol–water partition coefficient (Wildman–Crippen LogP) is 10.7. The quantitative estimate of drug-likeness (QED) is 0.198. The first-order valence-electron chi connectivity index (χ1n) is 11.9. The lowest BCUT2D eigenvalue weighted by molar-refractivity contribution is 0.482. The molecule has 5 rings (SSSR count). The smallest absolute Gasteiger partial charge is 0.127 e. The van der Waals surface area contributed by atoms with Crippen molar-refractivity contribution in [2.45, 2.75) is 14.7 Å². The average molecular weight is 541 g/mol. The Morgan fingerprint density at radius 2 is 0.703 bits per heavy atom. The minimum absolute atomic E-state index is 0.870. The van der Waals surface area contributed by atoms with Gasteiger partial charge in [0.05, 0.1) is 0 Å². The van der Waals surface area contributed by atoms with Crippen LogP contribution in [0.15, 0.2) is 154 Å². The van der Waals surface area contributed by atoms with Crippen molar-refractivity contribution in [1.29, 1.82) is 0 Å². The molecule has 0 radical (unpaired) electrons. The van der Waals surface area contributed by atoms with Crippen LogP contribution in [0.2, 0.25) is 0 Å². The molecule has 0 aliphatic rings. The second kappa shape index (κ2) is 16.6. The van der Waals surface area contributed by atoms with E-state index in [2.05, 4.69) is 91.6 Å². The molecule has 5 aromatic carbocycles. The van der Waals surface area contributed by atoms with Gasteiger partial charge in [-0.1, -0.05) is 78.9 Å². The SMILES string of the molecule is CSc1ccc(-c2ccccc2)cc1.CSc1ccc(Oc2ccccc2)cc1.CSc1ccccc1. The molecule has 0 spiro atoms. The molecule has 0 amide bonds. The molecular formula is C33H32OS3. The molecule has 37 heavy (non-hydrogen) atoms. The molecule has 0 unspecified atom stereocenters. The van der Waals surface area contributed by atoms with Gasteiger partial charge in [0.25, 0.3) is 0 Å². The van der Waals surface area contributed by atoms with Crippen LogP contribution in [0.5, 0.6) is 11.5 Å². The Hall–Kier alpha value is -3.05. The summed E-state index contributed by atoms with van der Waals surface area (Å²) in [4.78, 5) is 3.88. The first kappa shape index (κ1) is 28.5. The van der Waals surface area contributed by atoms with E-state index in [9.17, 15) is 0 Å². The number of hydrogen-bond acceptors (Lipinski definition) is 4. The summed E-state index contributed by atoms with van der Waals surface area (Å²) in [6, 6.07) is 47.3. The summed E-state index contributed by atoms with van der Waals surface area (Å²) >= 11 is 5.27. The van der Waals surface area contributed by atoms with E-state index >= 15 is 0 Å². The van der Waals surface area contributed by atoms with Crippen LogP contribution >= 0.6 is 35.3 Å². The molecule has 0 N–H and O–H groups in total. The van der Waals surface area contributed by atoms with E-state index in [4.69, 9.17) is 4.74 Å². The Labute approximate surface area is 234 Å². The van der Waals surface area contributed by atoms with E-state index in [-0.39, 0.29) is 0 Å². The number of ether oxygens (including phenoxy) is 1. The molecule has 1 nitrogen and oxygen atoms in total. The van der Waals surface area contributed by atoms with Crippen molar-refractivity contribution >= 4 is 35.3 Å². The normalized spacial score (nSPS) is 9.81. The van der Waals surface area contributed by atoms with E-state index in [0.29, 0.717) is 0 Å². The van der Waals surface area contributed by atoms with E-state index in [1.54, 1.807) is 35.3 Å². The minimum Gasteiger partial charge on any atom is -0.457 e. The monoisotopic (exact) mass is 540 g/mol. The number of benzene rings is 5. The highest BCUT2D eigenvalue weighted by Crippen LogP contribution is 2.24. The summed E-state index contributed by atoms with van der Waals surface area (Å²) in [5.41, 5.74) is 2.56. The molecule has 0 heterocycles. The first-order valence-corrected chi connectivity index (χ1v) is 15.5. The van der Waals surface area contributed by atoms with Crippen molar-refractivity contribution < 1.29 is 4.74 Å². The lowest BCUT2D eigenvalue weighted by atomic mass is 10.1. The zero-order valence-electron chi connectivity index (χ0n) is 21.4. The fraction of sp³-hybridized carbons (Fsp3) is 0.0909. The van der Waals surface area contributed by atoms with Crippen LogP contribution in [0.3, 0.4) is 0 Å². The van der Waals surface area contributed by atoms with Gasteiger partial charge in [-0.3, -0.25) is 0 Å². The van der Waals surface area contributed by atoms with Crippen LogP contribution in [0, 0.1) is 0 Å². The van der Waals surface area contributed by atoms with Crippen molar-refractivity contribution in [3.05, 3.63) is 140 Å². The number of hydrogen-bond donors (Lipinski definition) is 0. The van der Waals surface area contributed by atoms with Gasteiger partial charge < -0.3 is 4.74 Å². The second-order valence-electron chi connectivity index (χ2n) is 7.70. The summed E-state index contributed by atoms with van der Waals surface area (Å²) in [6.07, 6.45) is 6.24.